The summed E-state index contributed by atoms with van der Waals surface area (Å²) in [5.41, 5.74) is 0. The van der Waals surface area contributed by atoms with Gasteiger partial charge in [0, 0.05) is 29.7 Å². The standard InChI is InChI=1S/C10H20ClNO4S3/c1-2-18(13,14)10-9-17-7-6-12(10)19(15,16)8-4-3-5-11/h10H,2-9H2,1H3. The Kier molecular flexibility index (Phi) is 6.92. The summed E-state index contributed by atoms with van der Waals surface area (Å²) in [6, 6.07) is 0. The molecule has 0 bridgehead atoms. The number of hydrogen-bond donors (Lipinski definition) is 0. The van der Waals surface area contributed by atoms with Gasteiger partial charge in [-0.05, 0) is 12.8 Å². The predicted molar refractivity (Wildman–Crippen MR) is 81.0 cm³/mol. The van der Waals surface area contributed by atoms with Crippen LogP contribution < -0.4 is 0 Å². The first-order valence-electron chi connectivity index (χ1n) is 6.20. The smallest absolute Gasteiger partial charge is 0.215 e. The second kappa shape index (κ2) is 7.49. The van der Waals surface area contributed by atoms with E-state index in [0.717, 1.165) is 0 Å². The van der Waals surface area contributed by atoms with Crippen LogP contribution in [0.15, 0.2) is 0 Å². The molecule has 0 saturated carbocycles. The van der Waals surface area contributed by atoms with E-state index in [2.05, 4.69) is 0 Å². The van der Waals surface area contributed by atoms with Crippen LogP contribution in [0.3, 0.4) is 0 Å². The molecule has 1 unspecified atom stereocenters. The quantitative estimate of drug-likeness (QED) is 0.509. The third-order valence-electron chi connectivity index (χ3n) is 3.00. The fraction of sp³-hybridized carbons (Fsp3) is 1.00. The average Bonchev–Trinajstić information content (AvgIpc) is 2.39. The number of rotatable bonds is 7. The maximum Gasteiger partial charge on any atom is 0.215 e. The summed E-state index contributed by atoms with van der Waals surface area (Å²) in [5.74, 6) is 1.32. The molecule has 0 amide bonds. The van der Waals surface area contributed by atoms with Gasteiger partial charge in [0.25, 0.3) is 0 Å². The number of sulfonamides is 1. The van der Waals surface area contributed by atoms with E-state index < -0.39 is 25.2 Å². The first-order valence-corrected chi connectivity index (χ1v) is 11.2. The third kappa shape index (κ3) is 4.77. The maximum atomic E-state index is 12.2. The molecule has 1 atom stereocenters. The van der Waals surface area contributed by atoms with Crippen LogP contribution in [0.4, 0.5) is 0 Å². The van der Waals surface area contributed by atoms with E-state index in [1.807, 2.05) is 0 Å². The predicted octanol–water partition coefficient (Wildman–Crippen LogP) is 1.14. The van der Waals surface area contributed by atoms with Crippen LogP contribution in [0, 0.1) is 0 Å². The monoisotopic (exact) mass is 349 g/mol. The Hall–Kier alpha value is 0.500. The van der Waals surface area contributed by atoms with Crippen molar-refractivity contribution in [2.24, 2.45) is 0 Å². The Balaban J connectivity index is 2.88. The Morgan fingerprint density at radius 2 is 1.95 bits per heavy atom. The minimum atomic E-state index is -3.52. The molecule has 5 nitrogen and oxygen atoms in total. The topological polar surface area (TPSA) is 71.5 Å². The van der Waals surface area contributed by atoms with Gasteiger partial charge in [0.15, 0.2) is 9.84 Å². The Labute approximate surface area is 125 Å². The molecule has 19 heavy (non-hydrogen) atoms. The summed E-state index contributed by atoms with van der Waals surface area (Å²) in [4.78, 5) is 0. The highest BCUT2D eigenvalue weighted by Gasteiger charge is 2.39. The molecule has 0 spiro atoms. The highest BCUT2D eigenvalue weighted by molar-refractivity contribution is 8.01. The van der Waals surface area contributed by atoms with Crippen LogP contribution in [-0.2, 0) is 19.9 Å². The van der Waals surface area contributed by atoms with E-state index in [9.17, 15) is 16.8 Å². The van der Waals surface area contributed by atoms with Crippen molar-refractivity contribution in [3.05, 3.63) is 0 Å². The van der Waals surface area contributed by atoms with Crippen LogP contribution in [0.1, 0.15) is 19.8 Å². The lowest BCUT2D eigenvalue weighted by molar-refractivity contribution is 0.403. The van der Waals surface area contributed by atoms with Crippen LogP contribution in [0.25, 0.3) is 0 Å². The number of unbranched alkanes of at least 4 members (excludes halogenated alkanes) is 1. The van der Waals surface area contributed by atoms with Gasteiger partial charge in [0.05, 0.1) is 5.75 Å². The van der Waals surface area contributed by atoms with Gasteiger partial charge in [-0.15, -0.1) is 11.6 Å². The van der Waals surface area contributed by atoms with Crippen molar-refractivity contribution in [1.29, 1.82) is 0 Å². The highest BCUT2D eigenvalue weighted by atomic mass is 35.5. The molecule has 1 saturated heterocycles. The minimum Gasteiger partial charge on any atom is -0.227 e. The lowest BCUT2D eigenvalue weighted by Crippen LogP contribution is -2.51. The first-order chi connectivity index (χ1) is 8.85. The highest BCUT2D eigenvalue weighted by Crippen LogP contribution is 2.24. The van der Waals surface area contributed by atoms with Gasteiger partial charge in [0.1, 0.15) is 5.37 Å². The zero-order valence-corrected chi connectivity index (χ0v) is 14.1. The van der Waals surface area contributed by atoms with E-state index in [4.69, 9.17) is 11.6 Å². The first kappa shape index (κ1) is 17.6. The molecule has 1 heterocycles. The molecule has 1 rings (SSSR count). The molecule has 1 aliphatic heterocycles. The Bertz CT molecular complexity index is 477. The lowest BCUT2D eigenvalue weighted by Gasteiger charge is -2.33. The zero-order chi connectivity index (χ0) is 14.5. The number of nitrogens with zero attached hydrogens (tertiary/aromatic N) is 1. The van der Waals surface area contributed by atoms with E-state index in [1.165, 1.54) is 16.1 Å². The molecule has 0 aromatic carbocycles. The summed E-state index contributed by atoms with van der Waals surface area (Å²) < 4.78 is 49.7. The van der Waals surface area contributed by atoms with Crippen molar-refractivity contribution in [3.8, 4) is 0 Å². The van der Waals surface area contributed by atoms with Gasteiger partial charge in [-0.2, -0.15) is 16.1 Å². The number of halogens is 1. The van der Waals surface area contributed by atoms with Crippen LogP contribution >= 0.6 is 23.4 Å². The van der Waals surface area contributed by atoms with Crippen LogP contribution in [0.2, 0.25) is 0 Å². The van der Waals surface area contributed by atoms with Crippen molar-refractivity contribution >= 4 is 43.2 Å². The van der Waals surface area contributed by atoms with Gasteiger partial charge < -0.3 is 0 Å². The third-order valence-corrected chi connectivity index (χ3v) is 8.64. The summed E-state index contributed by atoms with van der Waals surface area (Å²) in [5, 5.41) is -0.905. The maximum absolute atomic E-state index is 12.2. The fourth-order valence-electron chi connectivity index (χ4n) is 1.86. The summed E-state index contributed by atoms with van der Waals surface area (Å²) in [6.45, 7) is 1.82. The number of hydrogen-bond acceptors (Lipinski definition) is 5. The zero-order valence-electron chi connectivity index (χ0n) is 10.9. The lowest BCUT2D eigenvalue weighted by atomic mass is 10.4. The molecule has 0 N–H and O–H groups in total. The van der Waals surface area contributed by atoms with Gasteiger partial charge in [-0.3, -0.25) is 0 Å². The molecule has 0 radical (unpaired) electrons. The number of sulfone groups is 1. The second-order valence-electron chi connectivity index (χ2n) is 4.30. The molecule has 1 aliphatic rings. The largest absolute Gasteiger partial charge is 0.227 e. The van der Waals surface area contributed by atoms with E-state index in [0.29, 0.717) is 30.2 Å². The van der Waals surface area contributed by atoms with Crippen molar-refractivity contribution in [2.45, 2.75) is 25.1 Å². The van der Waals surface area contributed by atoms with Crippen molar-refractivity contribution in [3.63, 3.8) is 0 Å². The molecule has 0 aromatic heterocycles. The van der Waals surface area contributed by atoms with Crippen molar-refractivity contribution < 1.29 is 16.8 Å². The summed E-state index contributed by atoms with van der Waals surface area (Å²) in [6.07, 6.45) is 1.09. The van der Waals surface area contributed by atoms with E-state index in [1.54, 1.807) is 6.92 Å². The Morgan fingerprint density at radius 3 is 2.53 bits per heavy atom. The molecule has 1 fully saturated rings. The van der Waals surface area contributed by atoms with Crippen molar-refractivity contribution in [1.82, 2.24) is 4.31 Å². The minimum absolute atomic E-state index is 0.0277. The SMILES string of the molecule is CCS(=O)(=O)C1CSCCN1S(=O)(=O)CCCCCl. The molecule has 0 aliphatic carbocycles. The summed E-state index contributed by atoms with van der Waals surface area (Å²) >= 11 is 7.02. The fourth-order valence-corrected chi connectivity index (χ4v) is 7.49. The van der Waals surface area contributed by atoms with Gasteiger partial charge in [-0.25, -0.2) is 16.8 Å². The Morgan fingerprint density at radius 1 is 1.26 bits per heavy atom. The molecule has 114 valence electrons. The normalized spacial score (nSPS) is 22.5. The van der Waals surface area contributed by atoms with Crippen LogP contribution in [-0.4, -0.2) is 62.0 Å². The second-order valence-corrected chi connectivity index (χ2v) is 10.3. The molecule has 0 aromatic rings. The van der Waals surface area contributed by atoms with Crippen LogP contribution in [0.5, 0.6) is 0 Å². The molecular weight excluding hydrogens is 330 g/mol. The van der Waals surface area contributed by atoms with Gasteiger partial charge in [0.2, 0.25) is 10.0 Å². The molecular formula is C10H20ClNO4S3. The number of thioether (sulfide) groups is 1. The van der Waals surface area contributed by atoms with E-state index >= 15 is 0 Å². The van der Waals surface area contributed by atoms with Crippen molar-refractivity contribution in [2.75, 3.05) is 35.4 Å². The summed E-state index contributed by atoms with van der Waals surface area (Å²) in [7, 11) is -6.90. The van der Waals surface area contributed by atoms with Gasteiger partial charge >= 0.3 is 0 Å². The number of alkyl halides is 1. The molecule has 9 heteroatoms. The average molecular weight is 350 g/mol. The van der Waals surface area contributed by atoms with Gasteiger partial charge in [-0.1, -0.05) is 6.92 Å². The van der Waals surface area contributed by atoms with E-state index in [-0.39, 0.29) is 18.1 Å².